The Kier molecular flexibility index (Phi) is 14.0. The average molecular weight is 715 g/mol. The summed E-state index contributed by atoms with van der Waals surface area (Å²) in [6.45, 7) is -0.875. The number of hydrogen-bond donors (Lipinski definition) is 2. The van der Waals surface area contributed by atoms with E-state index in [-0.39, 0.29) is 70.4 Å². The van der Waals surface area contributed by atoms with E-state index in [4.69, 9.17) is 0 Å². The summed E-state index contributed by atoms with van der Waals surface area (Å²) in [5.41, 5.74) is -0.643. The minimum Gasteiger partial charge on any atom is -0.313 e. The summed E-state index contributed by atoms with van der Waals surface area (Å²) in [6.07, 6.45) is -5.24. The van der Waals surface area contributed by atoms with Gasteiger partial charge in [-0.15, -0.1) is 0 Å². The van der Waals surface area contributed by atoms with Gasteiger partial charge in [0.2, 0.25) is 21.8 Å². The molecule has 3 aromatic rings. The van der Waals surface area contributed by atoms with Crippen LogP contribution in [-0.4, -0.2) is 132 Å². The minimum absolute atomic E-state index is 0. The number of phosphoric ester groups is 1. The van der Waals surface area contributed by atoms with Gasteiger partial charge in [0.1, 0.15) is 30.6 Å². The van der Waals surface area contributed by atoms with E-state index in [1.54, 1.807) is 0 Å². The molecule has 1 fully saturated rings. The summed E-state index contributed by atoms with van der Waals surface area (Å²) in [7, 11) is -9.90. The SMILES string of the molecule is C[C@H]1[C@H](F)C[C@@H](C(=O)N(COP(=O)(O)O)Cc2cc(-c3cnc(C(F)(F)F)nc3)ncc2F)N1S(=O)(=O)c1ccc(F)cc1.[Na].[Na]. The number of amides is 1. The maximum Gasteiger partial charge on any atom is 0.471 e. The Morgan fingerprint density at radius 1 is 1.09 bits per heavy atom. The monoisotopic (exact) mass is 715 g/mol. The topological polar surface area (TPSA) is 163 Å². The maximum absolute atomic E-state index is 14.9. The number of aromatic nitrogens is 3. The van der Waals surface area contributed by atoms with Gasteiger partial charge in [0.15, 0.2) is 0 Å². The number of benzene rings is 1. The van der Waals surface area contributed by atoms with Crippen molar-refractivity contribution < 1.29 is 58.4 Å². The van der Waals surface area contributed by atoms with Crippen LogP contribution in [0.1, 0.15) is 24.7 Å². The summed E-state index contributed by atoms with van der Waals surface area (Å²) < 4.78 is 125. The predicted molar refractivity (Wildman–Crippen MR) is 148 cm³/mol. The van der Waals surface area contributed by atoms with Gasteiger partial charge in [0.05, 0.1) is 29.4 Å². The second-order valence-electron chi connectivity index (χ2n) is 9.54. The molecule has 4 rings (SSSR count). The van der Waals surface area contributed by atoms with E-state index >= 15 is 0 Å². The third-order valence-corrected chi connectivity index (χ3v) is 9.01. The molecule has 0 spiro atoms. The zero-order valence-electron chi connectivity index (χ0n) is 24.3. The number of halogens is 6. The van der Waals surface area contributed by atoms with Crippen molar-refractivity contribution in [1.82, 2.24) is 24.2 Å². The number of carbonyl (C=O) groups excluding carboxylic acids is 1. The van der Waals surface area contributed by atoms with Gasteiger partial charge < -0.3 is 14.7 Å². The van der Waals surface area contributed by atoms with Crippen LogP contribution in [0, 0.1) is 11.6 Å². The molecule has 0 unspecified atom stereocenters. The molecule has 0 bridgehead atoms. The molecule has 2 radical (unpaired) electrons. The Morgan fingerprint density at radius 2 is 1.67 bits per heavy atom. The van der Waals surface area contributed by atoms with Gasteiger partial charge in [-0.1, -0.05) is 0 Å². The largest absolute Gasteiger partial charge is 0.471 e. The van der Waals surface area contributed by atoms with Gasteiger partial charge in [-0.3, -0.25) is 14.3 Å². The Balaban J connectivity index is 0.00000368. The standard InChI is InChI=1S/C24H22F6N5O7PS.2Na/c1-13-18(26)7-21(35(13)44(40,41)17-4-2-16(25)3-5-17)22(36)34(12-42-43(37,38)39)11-14-6-20(31-10-19(14)27)15-8-32-23(33-9-15)24(28,29)30;;/h2-6,8-10,13,18,21H,7,11-12H2,1H3,(H2,37,38,39);;/t13-,18+,21-;;/m0../s1. The van der Waals surface area contributed by atoms with E-state index in [2.05, 4.69) is 19.5 Å². The number of pyridine rings is 1. The molecule has 1 aromatic carbocycles. The van der Waals surface area contributed by atoms with Crippen molar-refractivity contribution in [2.45, 2.75) is 49.2 Å². The minimum atomic E-state index is -5.26. The fraction of sp³-hybridized carbons (Fsp3) is 0.333. The van der Waals surface area contributed by atoms with Crippen LogP contribution in [0.25, 0.3) is 11.3 Å². The van der Waals surface area contributed by atoms with E-state index in [0.717, 1.165) is 42.7 Å². The number of nitrogens with zero attached hydrogens (tertiary/aromatic N) is 5. The molecule has 22 heteroatoms. The summed E-state index contributed by atoms with van der Waals surface area (Å²) in [5, 5.41) is 0. The van der Waals surface area contributed by atoms with Crippen LogP contribution in [0.2, 0.25) is 0 Å². The summed E-state index contributed by atoms with van der Waals surface area (Å²) in [6, 6.07) is 1.25. The first-order valence-corrected chi connectivity index (χ1v) is 15.3. The predicted octanol–water partition coefficient (Wildman–Crippen LogP) is 2.66. The van der Waals surface area contributed by atoms with Crippen molar-refractivity contribution >= 4 is 82.9 Å². The van der Waals surface area contributed by atoms with E-state index in [0.29, 0.717) is 15.4 Å². The van der Waals surface area contributed by atoms with Crippen LogP contribution in [0.15, 0.2) is 53.8 Å². The number of rotatable bonds is 9. The third kappa shape index (κ3) is 9.57. The molecule has 1 saturated heterocycles. The molecule has 1 aliphatic heterocycles. The summed E-state index contributed by atoms with van der Waals surface area (Å²) in [4.78, 5) is 42.3. The molecular formula is C24H22F6N5Na2O7PS. The molecule has 3 heterocycles. The Morgan fingerprint density at radius 3 is 2.22 bits per heavy atom. The molecule has 1 amide bonds. The zero-order chi connectivity index (χ0) is 32.6. The van der Waals surface area contributed by atoms with Crippen LogP contribution < -0.4 is 0 Å². The number of sulfonamides is 1. The number of phosphoric acid groups is 1. The Hall–Kier alpha value is -1.48. The number of alkyl halides is 4. The Bertz CT molecular complexity index is 1690. The van der Waals surface area contributed by atoms with E-state index in [1.165, 1.54) is 6.92 Å². The fourth-order valence-electron chi connectivity index (χ4n) is 4.40. The molecule has 46 heavy (non-hydrogen) atoms. The van der Waals surface area contributed by atoms with Gasteiger partial charge in [-0.25, -0.2) is 36.1 Å². The summed E-state index contributed by atoms with van der Waals surface area (Å²) >= 11 is 0. The second-order valence-corrected chi connectivity index (χ2v) is 12.6. The van der Waals surface area contributed by atoms with Gasteiger partial charge in [0, 0.05) is 89.1 Å². The molecular weight excluding hydrogens is 693 g/mol. The van der Waals surface area contributed by atoms with Crippen molar-refractivity contribution in [2.24, 2.45) is 0 Å². The zero-order valence-corrected chi connectivity index (χ0v) is 30.0. The molecule has 0 aliphatic carbocycles. The molecule has 2 aromatic heterocycles. The normalized spacial score (nSPS) is 18.8. The van der Waals surface area contributed by atoms with E-state index in [1.807, 2.05) is 0 Å². The quantitative estimate of drug-likeness (QED) is 0.146. The van der Waals surface area contributed by atoms with Gasteiger partial charge >= 0.3 is 14.0 Å². The first kappa shape index (κ1) is 40.7. The van der Waals surface area contributed by atoms with Gasteiger partial charge in [-0.05, 0) is 37.3 Å². The second kappa shape index (κ2) is 15.8. The molecule has 0 saturated carbocycles. The van der Waals surface area contributed by atoms with Crippen molar-refractivity contribution in [1.29, 1.82) is 0 Å². The fourth-order valence-corrected chi connectivity index (χ4v) is 6.49. The van der Waals surface area contributed by atoms with E-state index < -0.39 is 95.8 Å². The third-order valence-electron chi connectivity index (χ3n) is 6.55. The first-order chi connectivity index (χ1) is 20.4. The van der Waals surface area contributed by atoms with Crippen LogP contribution in [-0.2, 0) is 36.6 Å². The van der Waals surface area contributed by atoms with Crippen LogP contribution >= 0.6 is 7.82 Å². The smallest absolute Gasteiger partial charge is 0.313 e. The maximum atomic E-state index is 14.9. The van der Waals surface area contributed by atoms with Crippen LogP contribution in [0.3, 0.4) is 0 Å². The van der Waals surface area contributed by atoms with Crippen LogP contribution in [0.5, 0.6) is 0 Å². The molecule has 2 N–H and O–H groups in total. The van der Waals surface area contributed by atoms with Crippen LogP contribution in [0.4, 0.5) is 26.3 Å². The van der Waals surface area contributed by atoms with Gasteiger partial charge in [-0.2, -0.15) is 17.5 Å². The van der Waals surface area contributed by atoms with E-state index in [9.17, 15) is 53.9 Å². The summed E-state index contributed by atoms with van der Waals surface area (Å²) in [5.74, 6) is -4.52. The number of carbonyl (C=O) groups is 1. The molecule has 1 aliphatic rings. The average Bonchev–Trinajstić information content (AvgIpc) is 3.25. The number of hydrogen-bond acceptors (Lipinski definition) is 8. The first-order valence-electron chi connectivity index (χ1n) is 12.3. The van der Waals surface area contributed by atoms with Crippen molar-refractivity contribution in [3.05, 3.63) is 71.9 Å². The Labute approximate surface area is 302 Å². The van der Waals surface area contributed by atoms with Crippen molar-refractivity contribution in [3.8, 4) is 11.3 Å². The van der Waals surface area contributed by atoms with Crippen molar-refractivity contribution in [3.63, 3.8) is 0 Å². The molecule has 240 valence electrons. The van der Waals surface area contributed by atoms with Gasteiger partial charge in [0.25, 0.3) is 0 Å². The molecule has 3 atom stereocenters. The molecule has 12 nitrogen and oxygen atoms in total. The van der Waals surface area contributed by atoms with Crippen molar-refractivity contribution in [2.75, 3.05) is 6.73 Å².